The van der Waals surface area contributed by atoms with E-state index in [-0.39, 0.29) is 0 Å². The Kier molecular flexibility index (Phi) is 6.81. The van der Waals surface area contributed by atoms with Gasteiger partial charge in [0.25, 0.3) is 0 Å². The van der Waals surface area contributed by atoms with Crippen molar-refractivity contribution in [3.8, 4) is 0 Å². The van der Waals surface area contributed by atoms with Crippen LogP contribution in [0.2, 0.25) is 0 Å². The lowest BCUT2D eigenvalue weighted by Crippen LogP contribution is -2.47. The van der Waals surface area contributed by atoms with Gasteiger partial charge in [0.2, 0.25) is 0 Å². The molecule has 0 N–H and O–H groups in total. The number of likely N-dealkylation sites (N-methyl/N-ethyl adjacent to an activating group) is 2. The van der Waals surface area contributed by atoms with Gasteiger partial charge >= 0.3 is 0 Å². The van der Waals surface area contributed by atoms with Crippen molar-refractivity contribution in [1.82, 2.24) is 9.80 Å². The third-order valence-corrected chi connectivity index (χ3v) is 3.33. The molecule has 1 fully saturated rings. The standard InChI is InChI=1S/C11H23BrN2O/c1-3-13(6-5-12)9-11-10-14(4-2)7-8-15-11/h11H,3-10H2,1-2H3. The molecular formula is C11H23BrN2O. The number of ether oxygens (including phenoxy) is 1. The quantitative estimate of drug-likeness (QED) is 0.684. The normalized spacial score (nSPS) is 23.6. The molecule has 1 saturated heterocycles. The van der Waals surface area contributed by atoms with Gasteiger partial charge in [-0.05, 0) is 13.1 Å². The van der Waals surface area contributed by atoms with Gasteiger partial charge in [-0.1, -0.05) is 29.8 Å². The molecule has 0 aromatic heterocycles. The van der Waals surface area contributed by atoms with Crippen LogP contribution in [-0.4, -0.2) is 67.1 Å². The number of rotatable bonds is 6. The summed E-state index contributed by atoms with van der Waals surface area (Å²) >= 11 is 3.49. The largest absolute Gasteiger partial charge is 0.374 e. The predicted molar refractivity (Wildman–Crippen MR) is 67.8 cm³/mol. The van der Waals surface area contributed by atoms with E-state index in [1.807, 2.05) is 0 Å². The molecule has 0 amide bonds. The topological polar surface area (TPSA) is 15.7 Å². The van der Waals surface area contributed by atoms with Gasteiger partial charge in [-0.15, -0.1) is 0 Å². The summed E-state index contributed by atoms with van der Waals surface area (Å²) in [4.78, 5) is 4.91. The minimum absolute atomic E-state index is 0.401. The number of hydrogen-bond donors (Lipinski definition) is 0. The zero-order chi connectivity index (χ0) is 11.1. The average Bonchev–Trinajstić information content (AvgIpc) is 2.29. The zero-order valence-corrected chi connectivity index (χ0v) is 11.5. The molecule has 1 rings (SSSR count). The van der Waals surface area contributed by atoms with E-state index in [4.69, 9.17) is 4.74 Å². The summed E-state index contributed by atoms with van der Waals surface area (Å²) in [5.41, 5.74) is 0. The summed E-state index contributed by atoms with van der Waals surface area (Å²) in [5, 5.41) is 1.05. The van der Waals surface area contributed by atoms with Gasteiger partial charge < -0.3 is 9.64 Å². The Labute approximate surface area is 102 Å². The molecule has 4 heteroatoms. The first-order valence-corrected chi connectivity index (χ1v) is 7.04. The molecular weight excluding hydrogens is 256 g/mol. The van der Waals surface area contributed by atoms with Crippen molar-refractivity contribution in [2.45, 2.75) is 20.0 Å². The van der Waals surface area contributed by atoms with E-state index in [1.54, 1.807) is 0 Å². The molecule has 15 heavy (non-hydrogen) atoms. The maximum absolute atomic E-state index is 5.79. The highest BCUT2D eigenvalue weighted by atomic mass is 79.9. The SMILES string of the molecule is CCN(CCBr)CC1CN(CC)CCO1. The van der Waals surface area contributed by atoms with E-state index < -0.39 is 0 Å². The van der Waals surface area contributed by atoms with Crippen molar-refractivity contribution in [2.75, 3.05) is 51.2 Å². The number of hydrogen-bond acceptors (Lipinski definition) is 3. The van der Waals surface area contributed by atoms with Crippen molar-refractivity contribution < 1.29 is 4.74 Å². The zero-order valence-electron chi connectivity index (χ0n) is 9.91. The van der Waals surface area contributed by atoms with Crippen LogP contribution in [0.1, 0.15) is 13.8 Å². The van der Waals surface area contributed by atoms with Crippen LogP contribution >= 0.6 is 15.9 Å². The fourth-order valence-electron chi connectivity index (χ4n) is 1.96. The second kappa shape index (κ2) is 7.60. The Morgan fingerprint density at radius 2 is 2.27 bits per heavy atom. The molecule has 1 heterocycles. The Balaban J connectivity index is 2.29. The Morgan fingerprint density at radius 1 is 1.47 bits per heavy atom. The predicted octanol–water partition coefficient (Wildman–Crippen LogP) is 1.42. The number of nitrogens with zero attached hydrogens (tertiary/aromatic N) is 2. The van der Waals surface area contributed by atoms with Gasteiger partial charge in [-0.3, -0.25) is 4.90 Å². The molecule has 0 spiro atoms. The molecule has 0 bridgehead atoms. The third-order valence-electron chi connectivity index (χ3n) is 2.98. The fourth-order valence-corrected chi connectivity index (χ4v) is 2.47. The summed E-state index contributed by atoms with van der Waals surface area (Å²) in [6.45, 7) is 11.9. The van der Waals surface area contributed by atoms with Crippen LogP contribution in [0.4, 0.5) is 0 Å². The van der Waals surface area contributed by atoms with Gasteiger partial charge in [0.1, 0.15) is 0 Å². The van der Waals surface area contributed by atoms with Crippen LogP contribution in [-0.2, 0) is 4.74 Å². The van der Waals surface area contributed by atoms with Crippen molar-refractivity contribution in [2.24, 2.45) is 0 Å². The summed E-state index contributed by atoms with van der Waals surface area (Å²) in [5.74, 6) is 0. The lowest BCUT2D eigenvalue weighted by Gasteiger charge is -2.34. The minimum atomic E-state index is 0.401. The smallest absolute Gasteiger partial charge is 0.0829 e. The molecule has 0 aromatic carbocycles. The lowest BCUT2D eigenvalue weighted by molar-refractivity contribution is -0.0405. The van der Waals surface area contributed by atoms with Crippen LogP contribution in [0.25, 0.3) is 0 Å². The Morgan fingerprint density at radius 3 is 2.87 bits per heavy atom. The highest BCUT2D eigenvalue weighted by molar-refractivity contribution is 9.09. The van der Waals surface area contributed by atoms with Crippen LogP contribution < -0.4 is 0 Å². The summed E-state index contributed by atoms with van der Waals surface area (Å²) < 4.78 is 5.79. The molecule has 0 saturated carbocycles. The van der Waals surface area contributed by atoms with Gasteiger partial charge in [-0.2, -0.15) is 0 Å². The molecule has 0 aliphatic carbocycles. The molecule has 1 unspecified atom stereocenters. The first-order chi connectivity index (χ1) is 7.30. The highest BCUT2D eigenvalue weighted by Crippen LogP contribution is 2.06. The van der Waals surface area contributed by atoms with Crippen molar-refractivity contribution in [1.29, 1.82) is 0 Å². The molecule has 1 aliphatic heterocycles. The van der Waals surface area contributed by atoms with Gasteiger partial charge in [0, 0.05) is 31.5 Å². The van der Waals surface area contributed by atoms with E-state index in [1.165, 1.54) is 0 Å². The van der Waals surface area contributed by atoms with Gasteiger partial charge in [0.15, 0.2) is 0 Å². The van der Waals surface area contributed by atoms with Gasteiger partial charge in [0.05, 0.1) is 12.7 Å². The van der Waals surface area contributed by atoms with Gasteiger partial charge in [-0.25, -0.2) is 0 Å². The minimum Gasteiger partial charge on any atom is -0.374 e. The lowest BCUT2D eigenvalue weighted by atomic mass is 10.2. The van der Waals surface area contributed by atoms with E-state index in [0.29, 0.717) is 6.10 Å². The van der Waals surface area contributed by atoms with E-state index in [9.17, 15) is 0 Å². The van der Waals surface area contributed by atoms with E-state index in [0.717, 1.165) is 51.2 Å². The monoisotopic (exact) mass is 278 g/mol. The first kappa shape index (κ1) is 13.4. The van der Waals surface area contributed by atoms with Crippen molar-refractivity contribution in [3.63, 3.8) is 0 Å². The molecule has 0 radical (unpaired) electrons. The summed E-state index contributed by atoms with van der Waals surface area (Å²) in [7, 11) is 0. The third kappa shape index (κ3) is 4.81. The average molecular weight is 279 g/mol. The Hall–Kier alpha value is 0.360. The molecule has 1 atom stereocenters. The maximum Gasteiger partial charge on any atom is 0.0829 e. The van der Waals surface area contributed by atoms with Crippen LogP contribution in [0.5, 0.6) is 0 Å². The number of morpholine rings is 1. The molecule has 0 aromatic rings. The number of alkyl halides is 1. The van der Waals surface area contributed by atoms with Crippen molar-refractivity contribution >= 4 is 15.9 Å². The van der Waals surface area contributed by atoms with Crippen LogP contribution in [0.15, 0.2) is 0 Å². The van der Waals surface area contributed by atoms with Crippen LogP contribution in [0, 0.1) is 0 Å². The molecule has 3 nitrogen and oxygen atoms in total. The Bertz CT molecular complexity index is 169. The fraction of sp³-hybridized carbons (Fsp3) is 1.00. The first-order valence-electron chi connectivity index (χ1n) is 5.92. The van der Waals surface area contributed by atoms with E-state index >= 15 is 0 Å². The second-order valence-electron chi connectivity index (χ2n) is 3.97. The molecule has 1 aliphatic rings. The highest BCUT2D eigenvalue weighted by Gasteiger charge is 2.20. The van der Waals surface area contributed by atoms with E-state index in [2.05, 4.69) is 39.6 Å². The summed E-state index contributed by atoms with van der Waals surface area (Å²) in [6, 6.07) is 0. The van der Waals surface area contributed by atoms with Crippen LogP contribution in [0.3, 0.4) is 0 Å². The van der Waals surface area contributed by atoms with Crippen molar-refractivity contribution in [3.05, 3.63) is 0 Å². The summed E-state index contributed by atoms with van der Waals surface area (Å²) in [6.07, 6.45) is 0.401. The second-order valence-corrected chi connectivity index (χ2v) is 4.76. The molecule has 90 valence electrons. The maximum atomic E-state index is 5.79. The number of halogens is 1.